The monoisotopic (exact) mass is 388 g/mol. The number of allylic oxidation sites excluding steroid dienone is 2. The molecule has 0 radical (unpaired) electrons. The van der Waals surface area contributed by atoms with Gasteiger partial charge in [-0.2, -0.15) is 0 Å². The Kier molecular flexibility index (Phi) is 7.38. The van der Waals surface area contributed by atoms with E-state index in [1.807, 2.05) is 19.9 Å². The van der Waals surface area contributed by atoms with E-state index in [-0.39, 0.29) is 12.6 Å². The molecule has 0 aromatic rings. The van der Waals surface area contributed by atoms with Gasteiger partial charge in [0.2, 0.25) is 0 Å². The number of hydrogen-bond acceptors (Lipinski definition) is 6. The Labute approximate surface area is 165 Å². The van der Waals surface area contributed by atoms with Gasteiger partial charge in [-0.3, -0.25) is 4.79 Å². The summed E-state index contributed by atoms with van der Waals surface area (Å²) in [5, 5.41) is 0. The standard InChI is InChI=1S/C22H28O6/c1-6-14(3)21(24)27-19-10-8-13(2)7-9-17-18(12-26-16(5)23)22(25)28-20(17)11-15(19)4/h6,8,11,19-20H,7,9-10,12H2,1-5H3/b13-8+,14-6+,15-11+/t19-,20+/m1/s1. The van der Waals surface area contributed by atoms with Crippen LogP contribution in [0.1, 0.15) is 53.9 Å². The lowest BCUT2D eigenvalue weighted by Gasteiger charge is -2.21. The Morgan fingerprint density at radius 2 is 1.96 bits per heavy atom. The highest BCUT2D eigenvalue weighted by molar-refractivity contribution is 5.93. The van der Waals surface area contributed by atoms with Gasteiger partial charge in [0.15, 0.2) is 0 Å². The largest absolute Gasteiger partial charge is 0.461 e. The van der Waals surface area contributed by atoms with E-state index in [9.17, 15) is 14.4 Å². The van der Waals surface area contributed by atoms with Gasteiger partial charge in [0.05, 0.1) is 5.57 Å². The Bertz CT molecular complexity index is 781. The van der Waals surface area contributed by atoms with E-state index in [4.69, 9.17) is 14.2 Å². The van der Waals surface area contributed by atoms with Gasteiger partial charge in [-0.15, -0.1) is 0 Å². The van der Waals surface area contributed by atoms with Gasteiger partial charge < -0.3 is 14.2 Å². The molecular weight excluding hydrogens is 360 g/mol. The topological polar surface area (TPSA) is 78.9 Å². The van der Waals surface area contributed by atoms with Crippen molar-refractivity contribution in [3.8, 4) is 0 Å². The summed E-state index contributed by atoms with van der Waals surface area (Å²) in [6, 6.07) is 0. The fraction of sp³-hybridized carbons (Fsp3) is 0.500. The van der Waals surface area contributed by atoms with Crippen LogP contribution in [0.4, 0.5) is 0 Å². The Morgan fingerprint density at radius 1 is 1.25 bits per heavy atom. The zero-order chi connectivity index (χ0) is 20.8. The molecule has 0 aromatic heterocycles. The summed E-state index contributed by atoms with van der Waals surface area (Å²) < 4.78 is 16.2. The molecule has 0 spiro atoms. The summed E-state index contributed by atoms with van der Waals surface area (Å²) in [6.07, 6.45) is 6.58. The van der Waals surface area contributed by atoms with E-state index in [0.29, 0.717) is 24.0 Å². The summed E-state index contributed by atoms with van der Waals surface area (Å²) in [6.45, 7) is 8.59. The third kappa shape index (κ3) is 5.44. The molecule has 2 aliphatic rings. The second-order valence-electron chi connectivity index (χ2n) is 7.17. The summed E-state index contributed by atoms with van der Waals surface area (Å²) in [7, 11) is 0. The molecule has 0 N–H and O–H groups in total. The van der Waals surface area contributed by atoms with E-state index in [0.717, 1.165) is 23.1 Å². The molecule has 0 aromatic carbocycles. The highest BCUT2D eigenvalue weighted by Gasteiger charge is 2.34. The predicted molar refractivity (Wildman–Crippen MR) is 104 cm³/mol. The number of carbonyl (C=O) groups excluding carboxylic acids is 3. The van der Waals surface area contributed by atoms with Crippen molar-refractivity contribution >= 4 is 17.9 Å². The molecule has 6 heteroatoms. The van der Waals surface area contributed by atoms with Crippen LogP contribution >= 0.6 is 0 Å². The molecule has 0 bridgehead atoms. The summed E-state index contributed by atoms with van der Waals surface area (Å²) >= 11 is 0. The smallest absolute Gasteiger partial charge is 0.338 e. The van der Waals surface area contributed by atoms with Crippen molar-refractivity contribution in [2.75, 3.05) is 6.61 Å². The summed E-state index contributed by atoms with van der Waals surface area (Å²) in [4.78, 5) is 35.7. The van der Waals surface area contributed by atoms with Crippen molar-refractivity contribution in [2.45, 2.75) is 66.1 Å². The van der Waals surface area contributed by atoms with Crippen molar-refractivity contribution in [3.05, 3.63) is 46.1 Å². The fourth-order valence-electron chi connectivity index (χ4n) is 3.07. The number of rotatable bonds is 4. The summed E-state index contributed by atoms with van der Waals surface area (Å²) in [5.74, 6) is -1.28. The van der Waals surface area contributed by atoms with Crippen LogP contribution in [0.2, 0.25) is 0 Å². The molecule has 0 fully saturated rings. The lowest BCUT2D eigenvalue weighted by atomic mass is 9.93. The lowest BCUT2D eigenvalue weighted by molar-refractivity contribution is -0.144. The molecule has 6 nitrogen and oxygen atoms in total. The molecule has 0 saturated heterocycles. The highest BCUT2D eigenvalue weighted by Crippen LogP contribution is 2.32. The van der Waals surface area contributed by atoms with Crippen LogP contribution in [0.15, 0.2) is 46.1 Å². The Balaban J connectivity index is 2.35. The van der Waals surface area contributed by atoms with Gasteiger partial charge in [0, 0.05) is 18.9 Å². The first-order valence-electron chi connectivity index (χ1n) is 9.47. The zero-order valence-electron chi connectivity index (χ0n) is 17.2. The molecule has 28 heavy (non-hydrogen) atoms. The first-order chi connectivity index (χ1) is 13.2. The fourth-order valence-corrected chi connectivity index (χ4v) is 3.07. The lowest BCUT2D eigenvalue weighted by Crippen LogP contribution is -2.22. The van der Waals surface area contributed by atoms with Gasteiger partial charge in [0.25, 0.3) is 0 Å². The number of esters is 3. The minimum Gasteiger partial charge on any atom is -0.461 e. The molecule has 2 atom stereocenters. The molecule has 1 aliphatic carbocycles. The van der Waals surface area contributed by atoms with Gasteiger partial charge >= 0.3 is 17.9 Å². The van der Waals surface area contributed by atoms with Gasteiger partial charge in [-0.1, -0.05) is 17.7 Å². The second-order valence-corrected chi connectivity index (χ2v) is 7.17. The van der Waals surface area contributed by atoms with E-state index < -0.39 is 24.1 Å². The maximum absolute atomic E-state index is 12.3. The van der Waals surface area contributed by atoms with Crippen LogP contribution in [0.25, 0.3) is 0 Å². The average molecular weight is 388 g/mol. The van der Waals surface area contributed by atoms with Crippen LogP contribution in [-0.2, 0) is 28.6 Å². The maximum Gasteiger partial charge on any atom is 0.338 e. The first kappa shape index (κ1) is 21.7. The minimum absolute atomic E-state index is 0.0887. The number of hydrogen-bond donors (Lipinski definition) is 0. The highest BCUT2D eigenvalue weighted by atomic mass is 16.6. The van der Waals surface area contributed by atoms with Crippen LogP contribution in [0.5, 0.6) is 0 Å². The van der Waals surface area contributed by atoms with E-state index in [1.165, 1.54) is 6.92 Å². The molecule has 1 heterocycles. The second kappa shape index (κ2) is 9.53. The Morgan fingerprint density at radius 3 is 2.61 bits per heavy atom. The number of fused-ring (bicyclic) bond motifs is 1. The van der Waals surface area contributed by atoms with E-state index >= 15 is 0 Å². The van der Waals surface area contributed by atoms with Crippen molar-refractivity contribution < 1.29 is 28.6 Å². The molecule has 0 amide bonds. The van der Waals surface area contributed by atoms with Gasteiger partial charge in [-0.05, 0) is 57.8 Å². The molecular formula is C22H28O6. The van der Waals surface area contributed by atoms with Crippen molar-refractivity contribution in [3.63, 3.8) is 0 Å². The molecule has 2 rings (SSSR count). The van der Waals surface area contributed by atoms with Crippen LogP contribution in [0.3, 0.4) is 0 Å². The average Bonchev–Trinajstić information content (AvgIpc) is 2.94. The molecule has 1 aliphatic heterocycles. The van der Waals surface area contributed by atoms with Crippen molar-refractivity contribution in [1.82, 2.24) is 0 Å². The number of carbonyl (C=O) groups is 3. The molecule has 0 saturated carbocycles. The van der Waals surface area contributed by atoms with Crippen LogP contribution in [-0.4, -0.2) is 36.7 Å². The predicted octanol–water partition coefficient (Wildman–Crippen LogP) is 3.73. The maximum atomic E-state index is 12.3. The van der Waals surface area contributed by atoms with Crippen LogP contribution in [0, 0.1) is 0 Å². The third-order valence-corrected chi connectivity index (χ3v) is 5.03. The third-order valence-electron chi connectivity index (χ3n) is 5.03. The summed E-state index contributed by atoms with van der Waals surface area (Å²) in [5.41, 5.74) is 3.70. The number of ether oxygens (including phenoxy) is 3. The molecule has 0 unspecified atom stereocenters. The molecule has 152 valence electrons. The zero-order valence-corrected chi connectivity index (χ0v) is 17.2. The van der Waals surface area contributed by atoms with Crippen molar-refractivity contribution in [2.24, 2.45) is 0 Å². The van der Waals surface area contributed by atoms with E-state index in [2.05, 4.69) is 6.08 Å². The first-order valence-corrected chi connectivity index (χ1v) is 9.47. The van der Waals surface area contributed by atoms with Gasteiger partial charge in [-0.25, -0.2) is 9.59 Å². The quantitative estimate of drug-likeness (QED) is 0.316. The van der Waals surface area contributed by atoms with E-state index in [1.54, 1.807) is 19.9 Å². The van der Waals surface area contributed by atoms with Gasteiger partial charge in [0.1, 0.15) is 18.8 Å². The normalized spacial score (nSPS) is 27.0. The minimum atomic E-state index is -0.534. The Hall–Kier alpha value is -2.63. The van der Waals surface area contributed by atoms with Crippen molar-refractivity contribution in [1.29, 1.82) is 0 Å². The van der Waals surface area contributed by atoms with Crippen LogP contribution < -0.4 is 0 Å². The SMILES string of the molecule is C/C=C(\C)C(=O)O[C@@H]1C/C=C(\C)CCC2=C(COC(C)=O)C(=O)O[C@H]2/C=C/1C.